The number of nitrogens with zero attached hydrogens (tertiary/aromatic N) is 4. The largest absolute Gasteiger partial charge is 0.367 e. The molecule has 210 valence electrons. The number of hydrogen-bond donors (Lipinski definition) is 0. The molecule has 0 bridgehead atoms. The summed E-state index contributed by atoms with van der Waals surface area (Å²) in [6.45, 7) is 3.76. The van der Waals surface area contributed by atoms with Gasteiger partial charge in [-0.25, -0.2) is 8.42 Å². The van der Waals surface area contributed by atoms with Crippen molar-refractivity contribution in [3.05, 3.63) is 62.7 Å². The average molecular weight is 654 g/mol. The van der Waals surface area contributed by atoms with Gasteiger partial charge in [-0.3, -0.25) is 19.2 Å². The fraction of sp³-hybridized carbons (Fsp3) is 0.478. The van der Waals surface area contributed by atoms with Crippen LogP contribution in [0.3, 0.4) is 0 Å². The van der Waals surface area contributed by atoms with Crippen molar-refractivity contribution in [3.63, 3.8) is 0 Å². The lowest BCUT2D eigenvalue weighted by atomic mass is 10.1. The van der Waals surface area contributed by atoms with Gasteiger partial charge >= 0.3 is 0 Å². The van der Waals surface area contributed by atoms with Crippen LogP contribution < -0.4 is 4.90 Å². The Kier molecular flexibility index (Phi) is 10.5. The van der Waals surface area contributed by atoms with E-state index in [0.29, 0.717) is 42.1 Å². The summed E-state index contributed by atoms with van der Waals surface area (Å²) in [4.78, 5) is 14.6. The molecule has 0 aromatic heterocycles. The van der Waals surface area contributed by atoms with E-state index < -0.39 is 25.1 Å². The molecule has 15 heteroatoms. The predicted molar refractivity (Wildman–Crippen MR) is 150 cm³/mol. The van der Waals surface area contributed by atoms with E-state index in [1.54, 1.807) is 17.9 Å². The highest BCUT2D eigenvalue weighted by atomic mass is 79.9. The third-order valence-corrected chi connectivity index (χ3v) is 9.13. The van der Waals surface area contributed by atoms with E-state index in [9.17, 15) is 26.9 Å². The average Bonchev–Trinajstić information content (AvgIpc) is 2.82. The van der Waals surface area contributed by atoms with E-state index in [0.717, 1.165) is 17.9 Å². The van der Waals surface area contributed by atoms with Gasteiger partial charge in [-0.2, -0.15) is 12.7 Å². The molecular weight excluding hydrogens is 624 g/mol. The van der Waals surface area contributed by atoms with Gasteiger partial charge in [0.25, 0.3) is 15.8 Å². The van der Waals surface area contributed by atoms with Gasteiger partial charge in [0.15, 0.2) is 0 Å². The minimum absolute atomic E-state index is 0.0628. The lowest BCUT2D eigenvalue weighted by Crippen LogP contribution is -2.48. The number of hydrogen-bond acceptors (Lipinski definition) is 9. The number of nitro groups is 1. The number of non-ortho nitro benzene ring substituents is 1. The third-order valence-electron chi connectivity index (χ3n) is 6.03. The Morgan fingerprint density at radius 1 is 1.11 bits per heavy atom. The number of aryl methyl sites for hydroxylation is 1. The second-order valence-electron chi connectivity index (χ2n) is 8.88. The SMILES string of the molecule is Cc1cc([N+](=O)[O-])cc(S(=O)(=O)N2CCN(Cc3cccc(Cl)c3)CC2)c1N(CCBr)CCOS(C)(=O)=O. The highest BCUT2D eigenvalue weighted by molar-refractivity contribution is 9.09. The van der Waals surface area contributed by atoms with Crippen molar-refractivity contribution in [2.24, 2.45) is 0 Å². The summed E-state index contributed by atoms with van der Waals surface area (Å²) in [5, 5.41) is 12.7. The summed E-state index contributed by atoms with van der Waals surface area (Å²) in [7, 11) is -7.82. The fourth-order valence-electron chi connectivity index (χ4n) is 4.33. The third kappa shape index (κ3) is 8.10. The highest BCUT2D eigenvalue weighted by Gasteiger charge is 2.34. The van der Waals surface area contributed by atoms with Gasteiger partial charge < -0.3 is 4.90 Å². The normalized spacial score (nSPS) is 15.5. The van der Waals surface area contributed by atoms with E-state index in [1.165, 1.54) is 10.4 Å². The van der Waals surface area contributed by atoms with Gasteiger partial charge in [0.2, 0.25) is 10.0 Å². The maximum Gasteiger partial charge on any atom is 0.271 e. The standard InChI is InChI=1S/C23H30BrClN4O7S2/c1-18-14-21(29(30)31)16-22(23(18)27(7-6-24)12-13-36-37(2,32)33)38(34,35)28-10-8-26(9-11-28)17-19-4-3-5-20(25)15-19/h3-5,14-16H,6-13,17H2,1-2H3. The number of benzene rings is 2. The van der Waals surface area contributed by atoms with Gasteiger partial charge in [-0.05, 0) is 30.2 Å². The molecule has 2 aromatic carbocycles. The van der Waals surface area contributed by atoms with E-state index in [-0.39, 0.29) is 42.5 Å². The van der Waals surface area contributed by atoms with Crippen molar-refractivity contribution in [2.75, 3.05) is 62.4 Å². The Morgan fingerprint density at radius 2 is 1.79 bits per heavy atom. The van der Waals surface area contributed by atoms with Crippen molar-refractivity contribution >= 4 is 59.0 Å². The zero-order valence-electron chi connectivity index (χ0n) is 21.0. The quantitative estimate of drug-likeness (QED) is 0.147. The highest BCUT2D eigenvalue weighted by Crippen LogP contribution is 2.35. The molecule has 0 amide bonds. The molecule has 0 unspecified atom stereocenters. The summed E-state index contributed by atoms with van der Waals surface area (Å²) in [6.07, 6.45) is 0.931. The lowest BCUT2D eigenvalue weighted by Gasteiger charge is -2.35. The van der Waals surface area contributed by atoms with Crippen LogP contribution >= 0.6 is 27.5 Å². The molecule has 38 heavy (non-hydrogen) atoms. The van der Waals surface area contributed by atoms with Crippen LogP contribution in [0.4, 0.5) is 11.4 Å². The summed E-state index contributed by atoms with van der Waals surface area (Å²) >= 11 is 9.43. The van der Waals surface area contributed by atoms with Crippen molar-refractivity contribution in [1.29, 1.82) is 0 Å². The molecule has 0 spiro atoms. The van der Waals surface area contributed by atoms with E-state index in [2.05, 4.69) is 20.8 Å². The van der Waals surface area contributed by atoms with Crippen LogP contribution in [-0.2, 0) is 30.9 Å². The maximum absolute atomic E-state index is 13.9. The van der Waals surface area contributed by atoms with Gasteiger partial charge in [0.05, 0.1) is 23.5 Å². The van der Waals surface area contributed by atoms with Crippen LogP contribution in [0.15, 0.2) is 41.3 Å². The second kappa shape index (κ2) is 13.0. The van der Waals surface area contributed by atoms with Crippen LogP contribution in [0, 0.1) is 17.0 Å². The first-order valence-corrected chi connectivity index (χ1v) is 16.5. The number of alkyl halides is 1. The molecule has 0 N–H and O–H groups in total. The molecule has 0 aliphatic carbocycles. The van der Waals surface area contributed by atoms with E-state index in [1.807, 2.05) is 18.2 Å². The molecule has 3 rings (SSSR count). The van der Waals surface area contributed by atoms with Crippen molar-refractivity contribution in [2.45, 2.75) is 18.4 Å². The summed E-state index contributed by atoms with van der Waals surface area (Å²) in [5.74, 6) is 0. The molecule has 1 saturated heterocycles. The Balaban J connectivity index is 1.90. The molecule has 1 aliphatic heterocycles. The summed E-state index contributed by atoms with van der Waals surface area (Å²) < 4.78 is 56.9. The maximum atomic E-state index is 13.9. The van der Waals surface area contributed by atoms with Crippen LogP contribution in [-0.4, -0.2) is 88.4 Å². The molecule has 1 heterocycles. The Hall–Kier alpha value is -1.81. The molecule has 2 aromatic rings. The van der Waals surface area contributed by atoms with Crippen molar-refractivity contribution in [3.8, 4) is 0 Å². The Morgan fingerprint density at radius 3 is 2.37 bits per heavy atom. The van der Waals surface area contributed by atoms with Crippen LogP contribution in [0.25, 0.3) is 0 Å². The lowest BCUT2D eigenvalue weighted by molar-refractivity contribution is -0.385. The minimum Gasteiger partial charge on any atom is -0.367 e. The van der Waals surface area contributed by atoms with Gasteiger partial charge in [0, 0.05) is 68.3 Å². The summed E-state index contributed by atoms with van der Waals surface area (Å²) in [5.41, 5.74) is 1.36. The number of rotatable bonds is 12. The molecule has 0 saturated carbocycles. The first-order valence-electron chi connectivity index (χ1n) is 11.7. The number of sulfonamides is 1. The van der Waals surface area contributed by atoms with E-state index in [4.69, 9.17) is 15.8 Å². The fourth-order valence-corrected chi connectivity index (χ4v) is 7.08. The Bertz CT molecular complexity index is 1370. The zero-order chi connectivity index (χ0) is 28.1. The topological polar surface area (TPSA) is 130 Å². The van der Waals surface area contributed by atoms with Gasteiger partial charge in [-0.15, -0.1) is 0 Å². The molecule has 0 radical (unpaired) electrons. The monoisotopic (exact) mass is 652 g/mol. The van der Waals surface area contributed by atoms with Crippen molar-refractivity contribution < 1.29 is 25.9 Å². The zero-order valence-corrected chi connectivity index (χ0v) is 25.0. The van der Waals surface area contributed by atoms with Crippen LogP contribution in [0.2, 0.25) is 5.02 Å². The second-order valence-corrected chi connectivity index (χ2v) is 13.7. The van der Waals surface area contributed by atoms with Crippen LogP contribution in [0.1, 0.15) is 11.1 Å². The predicted octanol–water partition coefficient (Wildman–Crippen LogP) is 3.24. The molecule has 11 nitrogen and oxygen atoms in total. The summed E-state index contributed by atoms with van der Waals surface area (Å²) in [6, 6.07) is 9.88. The smallest absolute Gasteiger partial charge is 0.271 e. The van der Waals surface area contributed by atoms with Gasteiger partial charge in [0.1, 0.15) is 4.90 Å². The van der Waals surface area contributed by atoms with E-state index >= 15 is 0 Å². The number of anilines is 1. The molecule has 0 atom stereocenters. The minimum atomic E-state index is -4.13. The van der Waals surface area contributed by atoms with Gasteiger partial charge in [-0.1, -0.05) is 39.7 Å². The number of nitro benzene ring substituents is 1. The molecule has 1 fully saturated rings. The first kappa shape index (κ1) is 30.7. The number of piperazine rings is 1. The van der Waals surface area contributed by atoms with Crippen molar-refractivity contribution in [1.82, 2.24) is 9.21 Å². The molecular formula is C23H30BrClN4O7S2. The van der Waals surface area contributed by atoms with Crippen LogP contribution in [0.5, 0.6) is 0 Å². The number of halogens is 2. The first-order chi connectivity index (χ1) is 17.8. The molecule has 1 aliphatic rings. The Labute approximate surface area is 236 Å².